The molecule has 0 spiro atoms. The average molecular weight is 152 g/mol. The molecule has 0 atom stereocenters. The predicted molar refractivity (Wildman–Crippen MR) is 36.8 cm³/mol. The summed E-state index contributed by atoms with van der Waals surface area (Å²) in [5, 5.41) is 9.07. The molecule has 0 fully saturated rings. The number of imidazole rings is 1. The van der Waals surface area contributed by atoms with Crippen molar-refractivity contribution in [3.8, 4) is 5.88 Å². The summed E-state index contributed by atoms with van der Waals surface area (Å²) in [5.41, 5.74) is 0.531. The molecule has 1 N–H and O–H groups in total. The maximum atomic E-state index is 12.5. The predicted octanol–water partition coefficient (Wildman–Crippen LogP) is 1.18. The zero-order valence-electron chi connectivity index (χ0n) is 5.53. The van der Waals surface area contributed by atoms with Gasteiger partial charge in [-0.05, 0) is 12.1 Å². The summed E-state index contributed by atoms with van der Waals surface area (Å²) in [6, 6.07) is 2.79. The van der Waals surface area contributed by atoms with Crippen molar-refractivity contribution in [2.45, 2.75) is 0 Å². The standard InChI is InChI=1S/C7H5FN2O/c8-5-1-2-6-9-3-7(11)10(6)4-5/h1-4,11H. The number of aromatic nitrogens is 2. The molecule has 2 heterocycles. The Hall–Kier alpha value is -1.58. The van der Waals surface area contributed by atoms with E-state index in [2.05, 4.69) is 4.98 Å². The van der Waals surface area contributed by atoms with Gasteiger partial charge in [-0.15, -0.1) is 0 Å². The monoisotopic (exact) mass is 152 g/mol. The van der Waals surface area contributed by atoms with Gasteiger partial charge in [0.25, 0.3) is 0 Å². The third-order valence-corrected chi connectivity index (χ3v) is 1.45. The second kappa shape index (κ2) is 1.95. The lowest BCUT2D eigenvalue weighted by Gasteiger charge is -1.93. The molecule has 0 bridgehead atoms. The van der Waals surface area contributed by atoms with Gasteiger partial charge in [0.2, 0.25) is 5.88 Å². The van der Waals surface area contributed by atoms with Gasteiger partial charge in [0.15, 0.2) is 0 Å². The highest BCUT2D eigenvalue weighted by Crippen LogP contribution is 2.12. The Balaban J connectivity index is 2.87. The van der Waals surface area contributed by atoms with Gasteiger partial charge in [0.05, 0.1) is 6.20 Å². The van der Waals surface area contributed by atoms with Gasteiger partial charge in [-0.3, -0.25) is 4.40 Å². The van der Waals surface area contributed by atoms with Crippen LogP contribution in [0.4, 0.5) is 4.39 Å². The first-order valence-corrected chi connectivity index (χ1v) is 3.09. The summed E-state index contributed by atoms with van der Waals surface area (Å²) in [4.78, 5) is 3.81. The lowest BCUT2D eigenvalue weighted by molar-refractivity contribution is 0.446. The van der Waals surface area contributed by atoms with E-state index in [9.17, 15) is 4.39 Å². The summed E-state index contributed by atoms with van der Waals surface area (Å²) < 4.78 is 13.8. The first-order chi connectivity index (χ1) is 5.27. The Morgan fingerprint density at radius 3 is 3.09 bits per heavy atom. The van der Waals surface area contributed by atoms with Crippen molar-refractivity contribution >= 4 is 5.65 Å². The van der Waals surface area contributed by atoms with E-state index in [1.807, 2.05) is 0 Å². The molecule has 0 amide bonds. The number of nitrogens with zero attached hydrogens (tertiary/aromatic N) is 2. The highest BCUT2D eigenvalue weighted by atomic mass is 19.1. The van der Waals surface area contributed by atoms with Crippen molar-refractivity contribution in [3.05, 3.63) is 30.3 Å². The van der Waals surface area contributed by atoms with E-state index in [0.717, 1.165) is 0 Å². The van der Waals surface area contributed by atoms with Crippen LogP contribution in [0.5, 0.6) is 5.88 Å². The lowest BCUT2D eigenvalue weighted by Crippen LogP contribution is -1.84. The Kier molecular flexibility index (Phi) is 1.09. The van der Waals surface area contributed by atoms with Crippen LogP contribution in [-0.4, -0.2) is 14.5 Å². The van der Waals surface area contributed by atoms with Crippen LogP contribution in [0.3, 0.4) is 0 Å². The van der Waals surface area contributed by atoms with Crippen molar-refractivity contribution in [1.29, 1.82) is 0 Å². The summed E-state index contributed by atoms with van der Waals surface area (Å²) in [7, 11) is 0. The van der Waals surface area contributed by atoms with Crippen molar-refractivity contribution in [2.75, 3.05) is 0 Å². The fourth-order valence-electron chi connectivity index (χ4n) is 0.942. The molecular weight excluding hydrogens is 147 g/mol. The Labute approximate surface area is 61.7 Å². The smallest absolute Gasteiger partial charge is 0.215 e. The second-order valence-electron chi connectivity index (χ2n) is 2.19. The van der Waals surface area contributed by atoms with Crippen LogP contribution in [0.2, 0.25) is 0 Å². The van der Waals surface area contributed by atoms with E-state index in [0.29, 0.717) is 5.65 Å². The van der Waals surface area contributed by atoms with Crippen molar-refractivity contribution in [3.63, 3.8) is 0 Å². The zero-order chi connectivity index (χ0) is 7.84. The minimum atomic E-state index is -0.397. The molecule has 11 heavy (non-hydrogen) atoms. The van der Waals surface area contributed by atoms with Crippen LogP contribution in [0.25, 0.3) is 5.65 Å². The highest BCUT2D eigenvalue weighted by Gasteiger charge is 2.00. The van der Waals surface area contributed by atoms with E-state index < -0.39 is 5.82 Å². The van der Waals surface area contributed by atoms with E-state index in [-0.39, 0.29) is 5.88 Å². The van der Waals surface area contributed by atoms with Crippen LogP contribution >= 0.6 is 0 Å². The lowest BCUT2D eigenvalue weighted by atomic mass is 10.5. The molecule has 0 saturated carbocycles. The maximum Gasteiger partial charge on any atom is 0.215 e. The summed E-state index contributed by atoms with van der Waals surface area (Å²) in [6.45, 7) is 0. The minimum Gasteiger partial charge on any atom is -0.493 e. The van der Waals surface area contributed by atoms with Gasteiger partial charge in [0, 0.05) is 6.20 Å². The largest absolute Gasteiger partial charge is 0.493 e. The first-order valence-electron chi connectivity index (χ1n) is 3.09. The average Bonchev–Trinajstić information content (AvgIpc) is 2.33. The number of hydrogen-bond donors (Lipinski definition) is 1. The van der Waals surface area contributed by atoms with Crippen molar-refractivity contribution in [1.82, 2.24) is 9.38 Å². The number of rotatable bonds is 0. The normalized spacial score (nSPS) is 10.6. The van der Waals surface area contributed by atoms with Crippen LogP contribution in [0.15, 0.2) is 24.5 Å². The fourth-order valence-corrected chi connectivity index (χ4v) is 0.942. The molecule has 56 valence electrons. The number of fused-ring (bicyclic) bond motifs is 1. The fraction of sp³-hybridized carbons (Fsp3) is 0. The molecule has 0 aliphatic carbocycles. The molecule has 0 radical (unpaired) electrons. The molecule has 2 rings (SSSR count). The summed E-state index contributed by atoms with van der Waals surface area (Å²) in [5.74, 6) is -0.453. The van der Waals surface area contributed by atoms with Gasteiger partial charge in [-0.1, -0.05) is 0 Å². The number of aromatic hydroxyl groups is 1. The quantitative estimate of drug-likeness (QED) is 0.615. The van der Waals surface area contributed by atoms with Crippen LogP contribution in [0.1, 0.15) is 0 Å². The first kappa shape index (κ1) is 6.15. The molecule has 3 nitrogen and oxygen atoms in total. The van der Waals surface area contributed by atoms with E-state index in [4.69, 9.17) is 5.11 Å². The Morgan fingerprint density at radius 1 is 1.45 bits per heavy atom. The van der Waals surface area contributed by atoms with E-state index >= 15 is 0 Å². The van der Waals surface area contributed by atoms with E-state index in [1.54, 1.807) is 0 Å². The van der Waals surface area contributed by atoms with Gasteiger partial charge >= 0.3 is 0 Å². The number of hydrogen-bond acceptors (Lipinski definition) is 2. The van der Waals surface area contributed by atoms with E-state index in [1.165, 1.54) is 28.9 Å². The topological polar surface area (TPSA) is 37.5 Å². The molecule has 2 aromatic heterocycles. The summed E-state index contributed by atoms with van der Waals surface area (Å²) >= 11 is 0. The maximum absolute atomic E-state index is 12.5. The molecule has 0 aromatic carbocycles. The van der Waals surface area contributed by atoms with Crippen LogP contribution in [0, 0.1) is 5.82 Å². The van der Waals surface area contributed by atoms with Gasteiger partial charge in [-0.2, -0.15) is 0 Å². The molecular formula is C7H5FN2O. The van der Waals surface area contributed by atoms with Crippen molar-refractivity contribution < 1.29 is 9.50 Å². The third-order valence-electron chi connectivity index (χ3n) is 1.45. The minimum absolute atomic E-state index is 0.0560. The number of halogens is 1. The number of pyridine rings is 1. The van der Waals surface area contributed by atoms with Gasteiger partial charge in [-0.25, -0.2) is 9.37 Å². The molecule has 0 saturated heterocycles. The highest BCUT2D eigenvalue weighted by molar-refractivity contribution is 5.41. The molecule has 0 aliphatic rings. The SMILES string of the molecule is Oc1cnc2ccc(F)cn12. The summed E-state index contributed by atoms with van der Waals surface area (Å²) in [6.07, 6.45) is 2.45. The zero-order valence-corrected chi connectivity index (χ0v) is 5.53. The van der Waals surface area contributed by atoms with Crippen molar-refractivity contribution in [2.24, 2.45) is 0 Å². The van der Waals surface area contributed by atoms with Gasteiger partial charge < -0.3 is 5.11 Å². The molecule has 0 aliphatic heterocycles. The van der Waals surface area contributed by atoms with Crippen LogP contribution in [-0.2, 0) is 0 Å². The van der Waals surface area contributed by atoms with Gasteiger partial charge in [0.1, 0.15) is 11.5 Å². The Bertz CT molecular complexity index is 396. The molecule has 0 unspecified atom stereocenters. The second-order valence-corrected chi connectivity index (χ2v) is 2.19. The van der Waals surface area contributed by atoms with Crippen LogP contribution < -0.4 is 0 Å². The molecule has 2 aromatic rings. The third kappa shape index (κ3) is 0.832. The molecule has 4 heteroatoms. The Morgan fingerprint density at radius 2 is 2.27 bits per heavy atom.